The second kappa shape index (κ2) is 14.0. The van der Waals surface area contributed by atoms with Crippen molar-refractivity contribution in [2.75, 3.05) is 0 Å². The molecule has 2 aliphatic rings. The fourth-order valence-corrected chi connectivity index (χ4v) is 20.5. The molecule has 0 fully saturated rings. The van der Waals surface area contributed by atoms with E-state index in [1.807, 2.05) is 0 Å². The van der Waals surface area contributed by atoms with Crippen LogP contribution in [-0.2, 0) is 10.8 Å². The van der Waals surface area contributed by atoms with Gasteiger partial charge in [0.15, 0.2) is 0 Å². The predicted octanol–water partition coefficient (Wildman–Crippen LogP) is 13.1. The van der Waals surface area contributed by atoms with Gasteiger partial charge in [-0.3, -0.25) is 0 Å². The van der Waals surface area contributed by atoms with Crippen molar-refractivity contribution < 1.29 is 0 Å². The third-order valence-electron chi connectivity index (χ3n) is 13.1. The second-order valence-corrected chi connectivity index (χ2v) is 31.2. The van der Waals surface area contributed by atoms with Gasteiger partial charge in [0.25, 0.3) is 0 Å². The third kappa shape index (κ3) is 6.56. The van der Waals surface area contributed by atoms with Gasteiger partial charge in [-0.15, -0.1) is 11.1 Å². The summed E-state index contributed by atoms with van der Waals surface area (Å²) in [5, 5.41) is 2.59. The van der Waals surface area contributed by atoms with Gasteiger partial charge in [-0.05, 0) is 123 Å². The lowest BCUT2D eigenvalue weighted by atomic mass is 9.84. The monoisotopic (exact) mass is 724 g/mol. The number of rotatable bonds is 6. The summed E-state index contributed by atoms with van der Waals surface area (Å²) < 4.78 is 0. The number of hydrogen-bond acceptors (Lipinski definition) is 0. The maximum absolute atomic E-state index is 4.13. The largest absolute Gasteiger partial charge is 0.146 e. The van der Waals surface area contributed by atoms with E-state index in [2.05, 4.69) is 196 Å². The summed E-state index contributed by atoms with van der Waals surface area (Å²) >= 11 is 0. The first kappa shape index (κ1) is 40.1. The van der Waals surface area contributed by atoms with Gasteiger partial charge in [-0.2, -0.15) is 0 Å². The van der Waals surface area contributed by atoms with Gasteiger partial charge in [0.2, 0.25) is 0 Å². The molecule has 5 rings (SSSR count). The van der Waals surface area contributed by atoms with Crippen LogP contribution in [0.5, 0.6) is 0 Å². The number of benzene rings is 3. The normalized spacial score (nSPS) is 14.2. The van der Waals surface area contributed by atoms with Crippen LogP contribution in [0.2, 0.25) is 33.2 Å². The fourth-order valence-electron chi connectivity index (χ4n) is 10.1. The Balaban J connectivity index is 1.95. The minimum absolute atomic E-state index is 0.0519. The Hall–Kier alpha value is -3.05. The Morgan fingerprint density at radius 1 is 0.385 bits per heavy atom. The lowest BCUT2D eigenvalue weighted by molar-refractivity contribution is 0.590. The highest BCUT2D eigenvalue weighted by Gasteiger charge is 2.43. The van der Waals surface area contributed by atoms with Crippen LogP contribution >= 0.6 is 0 Å². The van der Waals surface area contributed by atoms with E-state index in [1.54, 1.807) is 0 Å². The van der Waals surface area contributed by atoms with E-state index < -0.39 is 16.1 Å². The van der Waals surface area contributed by atoms with E-state index >= 15 is 0 Å². The molecule has 0 bridgehead atoms. The molecule has 0 spiro atoms. The van der Waals surface area contributed by atoms with E-state index in [9.17, 15) is 0 Å². The van der Waals surface area contributed by atoms with Crippen molar-refractivity contribution >= 4 is 27.3 Å². The minimum atomic E-state index is -1.96. The van der Waals surface area contributed by atoms with Crippen LogP contribution in [0, 0.1) is 22.9 Å². The van der Waals surface area contributed by atoms with Gasteiger partial charge in [-0.25, -0.2) is 0 Å². The molecule has 0 atom stereocenters. The molecule has 0 aromatic heterocycles. The van der Waals surface area contributed by atoms with E-state index in [0.29, 0.717) is 33.2 Å². The number of hydrogen-bond donors (Lipinski definition) is 0. The van der Waals surface area contributed by atoms with Gasteiger partial charge in [0.1, 0.15) is 16.1 Å². The van der Waals surface area contributed by atoms with Crippen molar-refractivity contribution in [1.29, 1.82) is 0 Å². The van der Waals surface area contributed by atoms with Crippen molar-refractivity contribution in [3.05, 3.63) is 81.2 Å². The minimum Gasteiger partial charge on any atom is -0.125 e. The van der Waals surface area contributed by atoms with E-state index in [0.717, 1.165) is 0 Å². The Labute approximate surface area is 321 Å². The average Bonchev–Trinajstić information content (AvgIpc) is 3.49. The lowest BCUT2D eigenvalue weighted by Gasteiger charge is -2.38. The summed E-state index contributed by atoms with van der Waals surface area (Å²) in [4.78, 5) is 0. The Kier molecular flexibility index (Phi) is 10.8. The summed E-state index contributed by atoms with van der Waals surface area (Å²) in [7, 11) is -3.92. The first-order valence-electron chi connectivity index (χ1n) is 20.3. The van der Waals surface area contributed by atoms with Gasteiger partial charge >= 0.3 is 0 Å². The zero-order valence-electron chi connectivity index (χ0n) is 36.1. The summed E-state index contributed by atoms with van der Waals surface area (Å²) in [6, 6.07) is 19.4. The first-order chi connectivity index (χ1) is 24.0. The molecular formula is C50H68Si2. The smallest absolute Gasteiger partial charge is 0.125 e. The third-order valence-corrected chi connectivity index (χ3v) is 25.7. The van der Waals surface area contributed by atoms with Gasteiger partial charge in [0, 0.05) is 11.1 Å². The zero-order valence-corrected chi connectivity index (χ0v) is 38.1. The molecule has 0 N–H and O–H groups in total. The Bertz CT molecular complexity index is 1930. The van der Waals surface area contributed by atoms with Crippen LogP contribution < -0.4 is 10.4 Å². The maximum atomic E-state index is 4.13. The van der Waals surface area contributed by atoms with Crippen LogP contribution in [0.25, 0.3) is 33.4 Å². The molecule has 276 valence electrons. The topological polar surface area (TPSA) is 0 Å². The summed E-state index contributed by atoms with van der Waals surface area (Å²) in [5.74, 6) is 7.99. The summed E-state index contributed by atoms with van der Waals surface area (Å²) in [5.41, 5.74) is 24.9. The molecule has 0 amide bonds. The average molecular weight is 725 g/mol. The van der Waals surface area contributed by atoms with Crippen LogP contribution in [0.15, 0.2) is 48.5 Å². The van der Waals surface area contributed by atoms with Gasteiger partial charge < -0.3 is 0 Å². The van der Waals surface area contributed by atoms with Crippen LogP contribution in [0.1, 0.15) is 147 Å². The zero-order chi connectivity index (χ0) is 38.9. The standard InChI is InChI=1S/C50H68Si2/c1-31(2)51(32(3)4,33(5)6)25-23-41-43-27-37(49(13,14)15)19-21-39(43)45-30-48-42(24-26-52(34(7)8,35(9)10)36(11)12)44-28-38(50(16,17)18)20-22-40(44)46(48)29-47(41)45/h19-22,27-36H,1-18H3. The molecule has 2 heteroatoms. The highest BCUT2D eigenvalue weighted by molar-refractivity contribution is 6.91. The van der Waals surface area contributed by atoms with Crippen LogP contribution in [0.4, 0.5) is 0 Å². The molecule has 2 aliphatic carbocycles. The SMILES string of the molecule is CC(C)[Si](C#CC1=c2cc3c(cc2-c2ccc(C(C)(C)C)cc21)=C(C#C[Si](C(C)C)(C(C)C)C(C)C)c1cc(C(C)(C)C)ccc1-3)(C(C)C)C(C)C. The van der Waals surface area contributed by atoms with Crippen molar-refractivity contribution in [1.82, 2.24) is 0 Å². The number of fused-ring (bicyclic) bond motifs is 6. The molecule has 0 nitrogen and oxygen atoms in total. The van der Waals surface area contributed by atoms with E-state index in [1.165, 1.54) is 66.1 Å². The van der Waals surface area contributed by atoms with Crippen LogP contribution in [0.3, 0.4) is 0 Å². The predicted molar refractivity (Wildman–Crippen MR) is 237 cm³/mol. The quantitative estimate of drug-likeness (QED) is 0.175. The van der Waals surface area contributed by atoms with Crippen LogP contribution in [-0.4, -0.2) is 16.1 Å². The highest BCUT2D eigenvalue weighted by Crippen LogP contribution is 2.44. The molecule has 0 saturated heterocycles. The molecular weight excluding hydrogens is 657 g/mol. The van der Waals surface area contributed by atoms with Gasteiger partial charge in [0.05, 0.1) is 0 Å². The van der Waals surface area contributed by atoms with Crippen molar-refractivity contribution in [3.8, 4) is 45.2 Å². The van der Waals surface area contributed by atoms with Crippen molar-refractivity contribution in [3.63, 3.8) is 0 Å². The molecule has 3 aromatic rings. The second-order valence-electron chi connectivity index (χ2n) is 20.0. The van der Waals surface area contributed by atoms with Gasteiger partial charge in [-0.1, -0.05) is 161 Å². The molecule has 0 aliphatic heterocycles. The molecule has 3 aromatic carbocycles. The molecule has 52 heavy (non-hydrogen) atoms. The van der Waals surface area contributed by atoms with E-state index in [4.69, 9.17) is 0 Å². The maximum Gasteiger partial charge on any atom is 0.146 e. The summed E-state index contributed by atoms with van der Waals surface area (Å²) in [6.45, 7) is 43.0. The Morgan fingerprint density at radius 3 is 0.923 bits per heavy atom. The molecule has 0 unspecified atom stereocenters. The lowest BCUT2D eigenvalue weighted by Crippen LogP contribution is -2.43. The van der Waals surface area contributed by atoms with Crippen molar-refractivity contribution in [2.45, 2.75) is 169 Å². The highest BCUT2D eigenvalue weighted by atomic mass is 28.3. The molecule has 0 heterocycles. The Morgan fingerprint density at radius 2 is 0.673 bits per heavy atom. The van der Waals surface area contributed by atoms with E-state index in [-0.39, 0.29) is 10.8 Å². The fraction of sp³-hybridized carbons (Fsp3) is 0.520. The van der Waals surface area contributed by atoms with Crippen molar-refractivity contribution in [2.24, 2.45) is 0 Å². The molecule has 0 saturated carbocycles. The molecule has 0 radical (unpaired) electrons. The first-order valence-corrected chi connectivity index (χ1v) is 24.8. The summed E-state index contributed by atoms with van der Waals surface area (Å²) in [6.07, 6.45) is 0.